The highest BCUT2D eigenvalue weighted by Crippen LogP contribution is 2.39. The molecule has 1 aromatic heterocycles. The van der Waals surface area contributed by atoms with Crippen molar-refractivity contribution >= 4 is 69.9 Å². The highest BCUT2D eigenvalue weighted by atomic mass is 79.9. The molecule has 20 heavy (non-hydrogen) atoms. The summed E-state index contributed by atoms with van der Waals surface area (Å²) in [7, 11) is 0. The van der Waals surface area contributed by atoms with E-state index in [4.69, 9.17) is 0 Å². The van der Waals surface area contributed by atoms with E-state index < -0.39 is 0 Å². The first kappa shape index (κ1) is 14.8. The fourth-order valence-electron chi connectivity index (χ4n) is 2.17. The van der Waals surface area contributed by atoms with Crippen molar-refractivity contribution in [3.05, 3.63) is 66.7 Å². The van der Waals surface area contributed by atoms with Gasteiger partial charge in [-0.25, -0.2) is 0 Å². The molecular formula is C16H11Br3S. The van der Waals surface area contributed by atoms with Gasteiger partial charge in [0.25, 0.3) is 0 Å². The second kappa shape index (κ2) is 5.91. The Morgan fingerprint density at radius 1 is 0.950 bits per heavy atom. The number of hydrogen-bond acceptors (Lipinski definition) is 1. The van der Waals surface area contributed by atoms with E-state index in [1.807, 2.05) is 0 Å². The van der Waals surface area contributed by atoms with Gasteiger partial charge >= 0.3 is 0 Å². The van der Waals surface area contributed by atoms with Gasteiger partial charge < -0.3 is 0 Å². The normalized spacial score (nSPS) is 12.8. The Hall–Kier alpha value is -0.160. The van der Waals surface area contributed by atoms with Crippen molar-refractivity contribution in [1.82, 2.24) is 0 Å². The Bertz CT molecular complexity index is 757. The number of aryl methyl sites for hydroxylation is 1. The average molecular weight is 475 g/mol. The van der Waals surface area contributed by atoms with Gasteiger partial charge in [0.15, 0.2) is 0 Å². The van der Waals surface area contributed by atoms with Crippen molar-refractivity contribution in [2.45, 2.75) is 11.8 Å². The fourth-order valence-corrected chi connectivity index (χ4v) is 4.82. The molecule has 0 fully saturated rings. The predicted molar refractivity (Wildman–Crippen MR) is 99.2 cm³/mol. The van der Waals surface area contributed by atoms with E-state index in [9.17, 15) is 0 Å². The quantitative estimate of drug-likeness (QED) is 0.344. The molecule has 0 N–H and O–H groups in total. The van der Waals surface area contributed by atoms with Crippen LogP contribution in [0.1, 0.15) is 20.8 Å². The summed E-state index contributed by atoms with van der Waals surface area (Å²) < 4.78 is 2.33. The van der Waals surface area contributed by atoms with Gasteiger partial charge in [0.2, 0.25) is 0 Å². The van der Waals surface area contributed by atoms with Gasteiger partial charge in [-0.2, -0.15) is 0 Å². The second-order valence-corrected chi connectivity index (χ2v) is 8.95. The van der Waals surface area contributed by atoms with Crippen LogP contribution in [0, 0.1) is 6.92 Å². The Morgan fingerprint density at radius 3 is 2.35 bits per heavy atom. The molecule has 0 nitrogen and oxygen atoms in total. The minimum Gasteiger partial charge on any atom is -0.131 e. The van der Waals surface area contributed by atoms with Crippen LogP contribution in [0.3, 0.4) is 0 Å². The second-order valence-electron chi connectivity index (χ2n) is 4.72. The molecule has 0 spiro atoms. The van der Waals surface area contributed by atoms with Crippen molar-refractivity contribution in [3.63, 3.8) is 0 Å². The third-order valence-corrected chi connectivity index (χ3v) is 7.26. The smallest absolute Gasteiger partial charge is 0.0738 e. The third-order valence-electron chi connectivity index (χ3n) is 3.25. The van der Waals surface area contributed by atoms with Gasteiger partial charge in [-0.3, -0.25) is 0 Å². The van der Waals surface area contributed by atoms with Gasteiger partial charge in [-0.05, 0) is 69.0 Å². The first-order chi connectivity index (χ1) is 9.54. The van der Waals surface area contributed by atoms with Crippen molar-refractivity contribution in [2.75, 3.05) is 0 Å². The fraction of sp³-hybridized carbons (Fsp3) is 0.125. The molecule has 1 atom stereocenters. The van der Waals surface area contributed by atoms with Crippen molar-refractivity contribution < 1.29 is 0 Å². The molecule has 1 unspecified atom stereocenters. The number of halogens is 3. The molecule has 102 valence electrons. The monoisotopic (exact) mass is 472 g/mol. The van der Waals surface area contributed by atoms with Crippen molar-refractivity contribution in [1.29, 1.82) is 0 Å². The molecule has 3 aromatic rings. The zero-order valence-corrected chi connectivity index (χ0v) is 16.2. The first-order valence-electron chi connectivity index (χ1n) is 6.14. The highest BCUT2D eigenvalue weighted by molar-refractivity contribution is 9.11. The summed E-state index contributed by atoms with van der Waals surface area (Å²) in [6, 6.07) is 15.2. The van der Waals surface area contributed by atoms with Crippen molar-refractivity contribution in [2.24, 2.45) is 0 Å². The lowest BCUT2D eigenvalue weighted by molar-refractivity contribution is 1.23. The van der Waals surface area contributed by atoms with Gasteiger partial charge in [0, 0.05) is 9.35 Å². The number of thiophene rings is 1. The lowest BCUT2D eigenvalue weighted by atomic mass is 10.0. The van der Waals surface area contributed by atoms with E-state index in [2.05, 4.69) is 97.2 Å². The molecule has 1 heterocycles. The average Bonchev–Trinajstić information content (AvgIpc) is 2.77. The molecule has 0 aliphatic heterocycles. The van der Waals surface area contributed by atoms with Crippen LogP contribution < -0.4 is 0 Å². The number of fused-ring (bicyclic) bond motifs is 1. The van der Waals surface area contributed by atoms with Crippen LogP contribution in [-0.4, -0.2) is 0 Å². The Balaban J connectivity index is 2.03. The van der Waals surface area contributed by atoms with Crippen LogP contribution in [0.15, 0.2) is 50.7 Å². The van der Waals surface area contributed by atoms with E-state index in [1.54, 1.807) is 11.3 Å². The zero-order chi connectivity index (χ0) is 14.3. The van der Waals surface area contributed by atoms with Crippen LogP contribution in [0.2, 0.25) is 0 Å². The SMILES string of the molecule is Cc1cc(C(Br)c2ccc3cc(Br)ccc3c2)sc1Br. The van der Waals surface area contributed by atoms with Crippen LogP contribution in [0.25, 0.3) is 10.8 Å². The summed E-state index contributed by atoms with van der Waals surface area (Å²) in [4.78, 5) is 1.57. The van der Waals surface area contributed by atoms with E-state index in [0.717, 1.165) is 4.47 Å². The molecular weight excluding hydrogens is 464 g/mol. The van der Waals surface area contributed by atoms with E-state index in [-0.39, 0.29) is 4.83 Å². The van der Waals surface area contributed by atoms with Crippen LogP contribution in [0.4, 0.5) is 0 Å². The lowest BCUT2D eigenvalue weighted by Gasteiger charge is -2.09. The van der Waals surface area contributed by atoms with Gasteiger partial charge in [-0.1, -0.05) is 50.1 Å². The number of alkyl halides is 1. The van der Waals surface area contributed by atoms with Crippen LogP contribution in [0.5, 0.6) is 0 Å². The maximum absolute atomic E-state index is 3.82. The standard InChI is InChI=1S/C16H11Br3S/c1-9-6-14(20-16(9)19)15(18)12-3-2-11-8-13(17)5-4-10(11)7-12/h2-8,15H,1H3. The lowest BCUT2D eigenvalue weighted by Crippen LogP contribution is -1.89. The third kappa shape index (κ3) is 2.89. The molecule has 0 aliphatic carbocycles. The van der Waals surface area contributed by atoms with Gasteiger partial charge in [0.05, 0.1) is 8.61 Å². The largest absolute Gasteiger partial charge is 0.131 e. The first-order valence-corrected chi connectivity index (χ1v) is 9.45. The zero-order valence-electron chi connectivity index (χ0n) is 10.7. The van der Waals surface area contributed by atoms with Crippen LogP contribution >= 0.6 is 59.1 Å². The minimum absolute atomic E-state index is 0.241. The molecule has 3 rings (SSSR count). The topological polar surface area (TPSA) is 0 Å². The highest BCUT2D eigenvalue weighted by Gasteiger charge is 2.14. The van der Waals surface area contributed by atoms with E-state index in [1.165, 1.54) is 30.6 Å². The number of hydrogen-bond donors (Lipinski definition) is 0. The Labute approximate surface area is 147 Å². The predicted octanol–water partition coefficient (Wildman–Crippen LogP) is 7.22. The summed E-state index contributed by atoms with van der Waals surface area (Å²) in [5.74, 6) is 0. The maximum atomic E-state index is 3.82. The summed E-state index contributed by atoms with van der Waals surface area (Å²) in [5.41, 5.74) is 2.58. The summed E-state index contributed by atoms with van der Waals surface area (Å²) >= 11 is 12.7. The van der Waals surface area contributed by atoms with E-state index >= 15 is 0 Å². The molecule has 0 aliphatic rings. The minimum atomic E-state index is 0.241. The molecule has 0 saturated heterocycles. The molecule has 4 heteroatoms. The molecule has 0 bridgehead atoms. The molecule has 2 aromatic carbocycles. The number of rotatable bonds is 2. The Morgan fingerprint density at radius 2 is 1.65 bits per heavy atom. The van der Waals surface area contributed by atoms with E-state index in [0.29, 0.717) is 0 Å². The van der Waals surface area contributed by atoms with Gasteiger partial charge in [0.1, 0.15) is 0 Å². The number of benzene rings is 2. The maximum Gasteiger partial charge on any atom is 0.0738 e. The Kier molecular flexibility index (Phi) is 4.37. The molecule has 0 radical (unpaired) electrons. The summed E-state index contributed by atoms with van der Waals surface area (Å²) in [6.45, 7) is 2.13. The summed E-state index contributed by atoms with van der Waals surface area (Å²) in [5, 5.41) is 2.52. The van der Waals surface area contributed by atoms with Gasteiger partial charge in [-0.15, -0.1) is 11.3 Å². The molecule has 0 saturated carbocycles. The summed E-state index contributed by atoms with van der Waals surface area (Å²) in [6.07, 6.45) is 0. The molecule has 0 amide bonds. The van der Waals surface area contributed by atoms with Crippen molar-refractivity contribution in [3.8, 4) is 0 Å². The van der Waals surface area contributed by atoms with Crippen LogP contribution in [-0.2, 0) is 0 Å².